The van der Waals surface area contributed by atoms with Crippen LogP contribution in [0.15, 0.2) is 0 Å². The molecule has 0 amide bonds. The third kappa shape index (κ3) is 1.43. The number of halogens is 3. The molecule has 0 nitrogen and oxygen atoms in total. The number of hydrogen-bond acceptors (Lipinski definition) is 0. The zero-order chi connectivity index (χ0) is 10.2. The van der Waals surface area contributed by atoms with Crippen molar-refractivity contribution in [3.63, 3.8) is 0 Å². The molecule has 0 aliphatic carbocycles. The van der Waals surface area contributed by atoms with Gasteiger partial charge in [-0.15, -0.1) is 0 Å². The molecule has 1 rings (SSSR count). The van der Waals surface area contributed by atoms with Crippen molar-refractivity contribution in [1.29, 1.82) is 0 Å². The summed E-state index contributed by atoms with van der Waals surface area (Å²) in [5.74, 6) is -1.34. The van der Waals surface area contributed by atoms with Gasteiger partial charge in [-0.1, -0.05) is 0 Å². The van der Waals surface area contributed by atoms with Gasteiger partial charge in [-0.25, -0.2) is 13.2 Å². The second kappa shape index (κ2) is 3.40. The van der Waals surface area contributed by atoms with Gasteiger partial charge in [-0.2, -0.15) is 0 Å². The van der Waals surface area contributed by atoms with Gasteiger partial charge in [-0.05, 0) is 31.9 Å². The Morgan fingerprint density at radius 2 is 1.38 bits per heavy atom. The highest BCUT2D eigenvalue weighted by Crippen LogP contribution is 2.25. The molecule has 3 heteroatoms. The molecule has 0 bridgehead atoms. The Hall–Kier alpha value is -0.990. The fourth-order valence-electron chi connectivity index (χ4n) is 1.32. The zero-order valence-electron chi connectivity index (χ0n) is 7.84. The molecule has 0 radical (unpaired) electrons. The van der Waals surface area contributed by atoms with Crippen molar-refractivity contribution < 1.29 is 13.2 Å². The molecule has 0 heterocycles. The summed E-state index contributed by atoms with van der Waals surface area (Å²) in [6.07, 6.45) is 0. The SMILES string of the molecule is Cc1c(C)c(CF)c(F)c(C)c1F. The Morgan fingerprint density at radius 3 is 1.85 bits per heavy atom. The molecule has 0 N–H and O–H groups in total. The Bertz CT molecular complexity index is 314. The normalized spacial score (nSPS) is 10.6. The highest BCUT2D eigenvalue weighted by Gasteiger charge is 2.16. The first-order valence-electron chi connectivity index (χ1n) is 4.00. The first-order valence-corrected chi connectivity index (χ1v) is 4.00. The lowest BCUT2D eigenvalue weighted by Gasteiger charge is -2.11. The maximum absolute atomic E-state index is 13.2. The fourth-order valence-corrected chi connectivity index (χ4v) is 1.32. The van der Waals surface area contributed by atoms with Crippen molar-refractivity contribution in [3.8, 4) is 0 Å². The van der Waals surface area contributed by atoms with Crippen LogP contribution in [0.5, 0.6) is 0 Å². The second-order valence-corrected chi connectivity index (χ2v) is 3.12. The highest BCUT2D eigenvalue weighted by molar-refractivity contribution is 5.39. The largest absolute Gasteiger partial charge is 0.246 e. The van der Waals surface area contributed by atoms with Crippen LogP contribution in [0.2, 0.25) is 0 Å². The van der Waals surface area contributed by atoms with Crippen molar-refractivity contribution in [2.45, 2.75) is 27.4 Å². The summed E-state index contributed by atoms with van der Waals surface area (Å²) in [5, 5.41) is 0. The number of alkyl halides is 1. The molecule has 1 aromatic carbocycles. The standard InChI is InChI=1S/C10H11F3/c1-5-6(2)9(12)7(3)10(13)8(5)4-11/h4H2,1-3H3. The maximum atomic E-state index is 13.2. The molecular weight excluding hydrogens is 177 g/mol. The van der Waals surface area contributed by atoms with Crippen LogP contribution in [0, 0.1) is 32.4 Å². The highest BCUT2D eigenvalue weighted by atomic mass is 19.1. The van der Waals surface area contributed by atoms with E-state index < -0.39 is 18.3 Å². The monoisotopic (exact) mass is 188 g/mol. The van der Waals surface area contributed by atoms with Crippen LogP contribution in [-0.4, -0.2) is 0 Å². The van der Waals surface area contributed by atoms with Crippen LogP contribution in [0.25, 0.3) is 0 Å². The van der Waals surface area contributed by atoms with Crippen LogP contribution in [0.3, 0.4) is 0 Å². The maximum Gasteiger partial charge on any atom is 0.135 e. The van der Waals surface area contributed by atoms with Crippen LogP contribution >= 0.6 is 0 Å². The van der Waals surface area contributed by atoms with Crippen LogP contribution in [0.1, 0.15) is 22.3 Å². The summed E-state index contributed by atoms with van der Waals surface area (Å²) in [5.41, 5.74) is 0.557. The van der Waals surface area contributed by atoms with Crippen molar-refractivity contribution in [2.24, 2.45) is 0 Å². The van der Waals surface area contributed by atoms with Gasteiger partial charge in [0.25, 0.3) is 0 Å². The van der Waals surface area contributed by atoms with Gasteiger partial charge in [-0.3, -0.25) is 0 Å². The van der Waals surface area contributed by atoms with E-state index in [1.165, 1.54) is 20.8 Å². The van der Waals surface area contributed by atoms with Gasteiger partial charge < -0.3 is 0 Å². The Morgan fingerprint density at radius 1 is 0.846 bits per heavy atom. The summed E-state index contributed by atoms with van der Waals surface area (Å²) in [7, 11) is 0. The first-order chi connectivity index (χ1) is 6.00. The quantitative estimate of drug-likeness (QED) is 0.633. The predicted octanol–water partition coefficient (Wildman–Crippen LogP) is 3.36. The lowest BCUT2D eigenvalue weighted by Crippen LogP contribution is -2.02. The molecule has 0 atom stereocenters. The molecule has 0 unspecified atom stereocenters. The summed E-state index contributed by atoms with van der Waals surface area (Å²) >= 11 is 0. The molecule has 1 aromatic rings. The zero-order valence-corrected chi connectivity index (χ0v) is 7.84. The number of benzene rings is 1. The minimum Gasteiger partial charge on any atom is -0.246 e. The van der Waals surface area contributed by atoms with Gasteiger partial charge in [0, 0.05) is 11.1 Å². The Kier molecular flexibility index (Phi) is 2.64. The molecule has 0 spiro atoms. The molecule has 0 saturated heterocycles. The van der Waals surface area contributed by atoms with Gasteiger partial charge in [0.1, 0.15) is 18.3 Å². The van der Waals surface area contributed by atoms with E-state index >= 15 is 0 Å². The number of rotatable bonds is 1. The van der Waals surface area contributed by atoms with Crippen molar-refractivity contribution in [1.82, 2.24) is 0 Å². The van der Waals surface area contributed by atoms with Gasteiger partial charge in [0.2, 0.25) is 0 Å². The van der Waals surface area contributed by atoms with E-state index in [0.29, 0.717) is 11.1 Å². The summed E-state index contributed by atoms with van der Waals surface area (Å²) in [6.45, 7) is 3.47. The molecule has 13 heavy (non-hydrogen) atoms. The lowest BCUT2D eigenvalue weighted by atomic mass is 9.99. The van der Waals surface area contributed by atoms with Crippen LogP contribution in [-0.2, 0) is 6.67 Å². The number of hydrogen-bond donors (Lipinski definition) is 0. The van der Waals surface area contributed by atoms with Crippen LogP contribution in [0.4, 0.5) is 13.2 Å². The van der Waals surface area contributed by atoms with E-state index in [9.17, 15) is 13.2 Å². The third-order valence-electron chi connectivity index (χ3n) is 2.40. The minimum atomic E-state index is -0.889. The summed E-state index contributed by atoms with van der Waals surface area (Å²) < 4.78 is 38.8. The summed E-state index contributed by atoms with van der Waals surface area (Å²) in [6, 6.07) is 0. The Balaban J connectivity index is 3.56. The van der Waals surface area contributed by atoms with Crippen LogP contribution < -0.4 is 0 Å². The molecule has 72 valence electrons. The molecule has 0 saturated carbocycles. The van der Waals surface area contributed by atoms with Gasteiger partial charge >= 0.3 is 0 Å². The average molecular weight is 188 g/mol. The molecule has 0 aliphatic heterocycles. The van der Waals surface area contributed by atoms with Gasteiger partial charge in [0.15, 0.2) is 0 Å². The van der Waals surface area contributed by atoms with Crippen molar-refractivity contribution >= 4 is 0 Å². The predicted molar refractivity (Wildman–Crippen MR) is 45.4 cm³/mol. The third-order valence-corrected chi connectivity index (χ3v) is 2.40. The summed E-state index contributed by atoms with van der Waals surface area (Å²) in [4.78, 5) is 0. The van der Waals surface area contributed by atoms with E-state index in [-0.39, 0.29) is 11.1 Å². The molecular formula is C10H11F3. The van der Waals surface area contributed by atoms with E-state index in [1.54, 1.807) is 0 Å². The van der Waals surface area contributed by atoms with E-state index in [1.807, 2.05) is 0 Å². The molecule has 0 aromatic heterocycles. The average Bonchev–Trinajstić information content (AvgIpc) is 2.13. The Labute approximate surface area is 75.4 Å². The fraction of sp³-hybridized carbons (Fsp3) is 0.400. The smallest absolute Gasteiger partial charge is 0.135 e. The van der Waals surface area contributed by atoms with E-state index in [0.717, 1.165) is 0 Å². The van der Waals surface area contributed by atoms with Crippen molar-refractivity contribution in [3.05, 3.63) is 33.9 Å². The van der Waals surface area contributed by atoms with Gasteiger partial charge in [0.05, 0.1) is 0 Å². The molecule has 0 aliphatic rings. The minimum absolute atomic E-state index is 0.0311. The second-order valence-electron chi connectivity index (χ2n) is 3.12. The topological polar surface area (TPSA) is 0 Å². The van der Waals surface area contributed by atoms with E-state index in [2.05, 4.69) is 0 Å². The lowest BCUT2D eigenvalue weighted by molar-refractivity contribution is 0.454. The van der Waals surface area contributed by atoms with Crippen molar-refractivity contribution in [2.75, 3.05) is 0 Å². The molecule has 0 fully saturated rings. The first kappa shape index (κ1) is 10.1. The van der Waals surface area contributed by atoms with E-state index in [4.69, 9.17) is 0 Å².